The number of nitro groups is 1. The molecule has 0 amide bonds. The van der Waals surface area contributed by atoms with Crippen LogP contribution in [0.5, 0.6) is 0 Å². The van der Waals surface area contributed by atoms with E-state index in [9.17, 15) is 19.7 Å². The van der Waals surface area contributed by atoms with Gasteiger partial charge in [-0.3, -0.25) is 19.5 Å². The molecule has 2 aromatic carbocycles. The summed E-state index contributed by atoms with van der Waals surface area (Å²) in [5.41, 5.74) is 1.76. The molecule has 0 spiro atoms. The number of aryl methyl sites for hydroxylation is 1. The number of pyridine rings is 2. The number of benzene rings is 2. The number of hydrogen-bond donors (Lipinski definition) is 0. The molecule has 4 aromatic rings. The van der Waals surface area contributed by atoms with Gasteiger partial charge in [0.1, 0.15) is 11.3 Å². The summed E-state index contributed by atoms with van der Waals surface area (Å²) in [5, 5.41) is 11.7. The zero-order valence-electron chi connectivity index (χ0n) is 17.4. The van der Waals surface area contributed by atoms with Gasteiger partial charge in [-0.2, -0.15) is 0 Å². The molecule has 0 aliphatic carbocycles. The Balaban J connectivity index is 2.15. The van der Waals surface area contributed by atoms with Crippen LogP contribution in [0.4, 0.5) is 5.69 Å². The number of nitro benzene ring substituents is 1. The Morgan fingerprint density at radius 3 is 2.53 bits per heavy atom. The van der Waals surface area contributed by atoms with Crippen LogP contribution in [0.1, 0.15) is 27.3 Å². The molecule has 8 heteroatoms. The Morgan fingerprint density at radius 2 is 1.84 bits per heavy atom. The number of non-ortho nitro benzene ring substituents is 1. The number of rotatable bonds is 5. The first kappa shape index (κ1) is 20.9. The summed E-state index contributed by atoms with van der Waals surface area (Å²) in [5.74, 6) is -0.732. The molecule has 0 atom stereocenters. The van der Waals surface area contributed by atoms with E-state index in [-0.39, 0.29) is 34.4 Å². The minimum Gasteiger partial charge on any atom is -0.464 e. The number of ether oxygens (including phenoxy) is 1. The fraction of sp³-hybridized carbons (Fsp3) is 0.125. The lowest BCUT2D eigenvalue weighted by Gasteiger charge is -2.19. The van der Waals surface area contributed by atoms with Crippen LogP contribution in [-0.2, 0) is 11.2 Å². The molecule has 0 saturated heterocycles. The second kappa shape index (κ2) is 8.43. The first-order valence-electron chi connectivity index (χ1n) is 9.83. The summed E-state index contributed by atoms with van der Waals surface area (Å²) in [7, 11) is 1.23. The summed E-state index contributed by atoms with van der Waals surface area (Å²) in [4.78, 5) is 41.8. The molecule has 2 heterocycles. The molecule has 2 aromatic heterocycles. The predicted octanol–water partition coefficient (Wildman–Crippen LogP) is 3.98. The predicted molar refractivity (Wildman–Crippen MR) is 119 cm³/mol. The molecular weight excluding hydrogens is 410 g/mol. The van der Waals surface area contributed by atoms with Crippen molar-refractivity contribution in [3.63, 3.8) is 0 Å². The van der Waals surface area contributed by atoms with Crippen LogP contribution in [0.25, 0.3) is 16.7 Å². The van der Waals surface area contributed by atoms with E-state index in [1.165, 1.54) is 29.9 Å². The van der Waals surface area contributed by atoms with E-state index < -0.39 is 10.9 Å². The maximum atomic E-state index is 13.5. The Labute approximate surface area is 182 Å². The molecule has 160 valence electrons. The third-order valence-electron chi connectivity index (χ3n) is 5.16. The highest BCUT2D eigenvalue weighted by Gasteiger charge is 2.25. The molecule has 0 bridgehead atoms. The van der Waals surface area contributed by atoms with Gasteiger partial charge in [-0.25, -0.2) is 9.78 Å². The molecule has 4 rings (SSSR count). The summed E-state index contributed by atoms with van der Waals surface area (Å²) >= 11 is 0. The topological polar surface area (TPSA) is 104 Å². The standard InChI is InChI=1S/C24H19N3O5/c1-15-11-12-19-22(28)20(13-16-7-4-3-5-8-16)21(24(29)32-2)26(23(19)25-15)17-9-6-10-18(14-17)27(30)31/h3-12,14H,13H2,1-2H3. The number of carbonyl (C=O) groups is 1. The Bertz CT molecular complexity index is 1410. The minimum atomic E-state index is -0.732. The Hall–Kier alpha value is -4.33. The Morgan fingerprint density at radius 1 is 1.09 bits per heavy atom. The molecule has 0 aliphatic rings. The maximum Gasteiger partial charge on any atom is 0.355 e. The first-order chi connectivity index (χ1) is 15.4. The van der Waals surface area contributed by atoms with Crippen molar-refractivity contribution in [2.75, 3.05) is 7.11 Å². The van der Waals surface area contributed by atoms with Crippen LogP contribution in [-0.4, -0.2) is 27.6 Å². The molecule has 0 aliphatic heterocycles. The highest BCUT2D eigenvalue weighted by atomic mass is 16.6. The smallest absolute Gasteiger partial charge is 0.355 e. The van der Waals surface area contributed by atoms with Crippen LogP contribution in [0.3, 0.4) is 0 Å². The van der Waals surface area contributed by atoms with Crippen molar-refractivity contribution in [3.8, 4) is 5.69 Å². The second-order valence-corrected chi connectivity index (χ2v) is 7.25. The lowest BCUT2D eigenvalue weighted by atomic mass is 10.00. The average Bonchev–Trinajstić information content (AvgIpc) is 2.80. The number of methoxy groups -OCH3 is 1. The third-order valence-corrected chi connectivity index (χ3v) is 5.16. The highest BCUT2D eigenvalue weighted by molar-refractivity contribution is 5.94. The van der Waals surface area contributed by atoms with E-state index in [1.807, 2.05) is 30.3 Å². The number of esters is 1. The lowest BCUT2D eigenvalue weighted by Crippen LogP contribution is -2.25. The third kappa shape index (κ3) is 3.74. The lowest BCUT2D eigenvalue weighted by molar-refractivity contribution is -0.384. The first-order valence-corrected chi connectivity index (χ1v) is 9.83. The van der Waals surface area contributed by atoms with Crippen molar-refractivity contribution >= 4 is 22.7 Å². The molecular formula is C24H19N3O5. The van der Waals surface area contributed by atoms with E-state index in [0.717, 1.165) is 5.56 Å². The van der Waals surface area contributed by atoms with Crippen LogP contribution < -0.4 is 5.43 Å². The number of nitrogens with zero attached hydrogens (tertiary/aromatic N) is 3. The van der Waals surface area contributed by atoms with Crippen LogP contribution in [0.15, 0.2) is 71.5 Å². The van der Waals surface area contributed by atoms with E-state index in [2.05, 4.69) is 4.98 Å². The quantitative estimate of drug-likeness (QED) is 0.270. The van der Waals surface area contributed by atoms with Crippen molar-refractivity contribution in [3.05, 3.63) is 110 Å². The zero-order valence-corrected chi connectivity index (χ0v) is 17.4. The summed E-state index contributed by atoms with van der Waals surface area (Å²) < 4.78 is 6.50. The molecule has 0 radical (unpaired) electrons. The van der Waals surface area contributed by atoms with E-state index in [1.54, 1.807) is 25.1 Å². The molecule has 8 nitrogen and oxygen atoms in total. The fourth-order valence-electron chi connectivity index (χ4n) is 3.67. The maximum absolute atomic E-state index is 13.5. The highest BCUT2D eigenvalue weighted by Crippen LogP contribution is 2.26. The largest absolute Gasteiger partial charge is 0.464 e. The van der Waals surface area contributed by atoms with Crippen molar-refractivity contribution in [1.29, 1.82) is 0 Å². The van der Waals surface area contributed by atoms with Crippen molar-refractivity contribution in [1.82, 2.24) is 9.55 Å². The van der Waals surface area contributed by atoms with Gasteiger partial charge in [-0.1, -0.05) is 36.4 Å². The fourth-order valence-corrected chi connectivity index (χ4v) is 3.67. The van der Waals surface area contributed by atoms with Crippen molar-refractivity contribution < 1.29 is 14.5 Å². The molecule has 0 saturated carbocycles. The Kier molecular flexibility index (Phi) is 5.51. The van der Waals surface area contributed by atoms with Crippen molar-refractivity contribution in [2.45, 2.75) is 13.3 Å². The SMILES string of the molecule is COC(=O)c1c(Cc2ccccc2)c(=O)c2ccc(C)nc2n1-c1cccc([N+](=O)[O-])c1. The van der Waals surface area contributed by atoms with Crippen molar-refractivity contribution in [2.24, 2.45) is 0 Å². The van der Waals surface area contributed by atoms with E-state index in [4.69, 9.17) is 4.74 Å². The van der Waals surface area contributed by atoms with Gasteiger partial charge in [0.15, 0.2) is 5.43 Å². The van der Waals surface area contributed by atoms with Gasteiger partial charge in [-0.15, -0.1) is 0 Å². The van der Waals surface area contributed by atoms with E-state index in [0.29, 0.717) is 16.8 Å². The number of carbonyl (C=O) groups excluding carboxylic acids is 1. The van der Waals surface area contributed by atoms with Gasteiger partial charge in [0.25, 0.3) is 5.69 Å². The second-order valence-electron chi connectivity index (χ2n) is 7.25. The zero-order chi connectivity index (χ0) is 22.8. The average molecular weight is 429 g/mol. The van der Waals surface area contributed by atoms with E-state index >= 15 is 0 Å². The number of fused-ring (bicyclic) bond motifs is 1. The monoisotopic (exact) mass is 429 g/mol. The summed E-state index contributed by atoms with van der Waals surface area (Å²) in [6.45, 7) is 1.76. The normalized spacial score (nSPS) is 10.8. The van der Waals surface area contributed by atoms with Gasteiger partial charge in [-0.05, 0) is 30.7 Å². The van der Waals surface area contributed by atoms with Gasteiger partial charge in [0.2, 0.25) is 0 Å². The van der Waals surface area contributed by atoms with Gasteiger partial charge in [0.05, 0.1) is 23.1 Å². The summed E-state index contributed by atoms with van der Waals surface area (Å²) in [6.07, 6.45) is 0.183. The van der Waals surface area contributed by atoms with Crippen LogP contribution in [0.2, 0.25) is 0 Å². The summed E-state index contributed by atoms with van der Waals surface area (Å²) in [6, 6.07) is 18.5. The molecule has 0 fully saturated rings. The van der Waals surface area contributed by atoms with Gasteiger partial charge >= 0.3 is 5.97 Å². The van der Waals surface area contributed by atoms with Crippen LogP contribution >= 0.6 is 0 Å². The molecule has 0 unspecified atom stereocenters. The number of hydrogen-bond acceptors (Lipinski definition) is 6. The molecule has 32 heavy (non-hydrogen) atoms. The number of aromatic nitrogens is 2. The van der Waals surface area contributed by atoms with Crippen LogP contribution in [0, 0.1) is 17.0 Å². The van der Waals surface area contributed by atoms with Gasteiger partial charge in [0, 0.05) is 29.8 Å². The molecule has 0 N–H and O–H groups in total. The van der Waals surface area contributed by atoms with Gasteiger partial charge < -0.3 is 4.74 Å². The minimum absolute atomic E-state index is 0.00699.